The van der Waals surface area contributed by atoms with Gasteiger partial charge in [-0.05, 0) is 43.3 Å². The van der Waals surface area contributed by atoms with Gasteiger partial charge in [-0.2, -0.15) is 0 Å². The number of nitrogens with one attached hydrogen (secondary N) is 1. The molecule has 3 aromatic rings. The normalized spacial score (nSPS) is 10.5. The van der Waals surface area contributed by atoms with Crippen molar-refractivity contribution in [2.45, 2.75) is 20.1 Å². The Morgan fingerprint density at radius 2 is 2.04 bits per heavy atom. The van der Waals surface area contributed by atoms with Gasteiger partial charge in [0.05, 0.1) is 17.9 Å². The van der Waals surface area contributed by atoms with Gasteiger partial charge in [0.25, 0.3) is 5.91 Å². The van der Waals surface area contributed by atoms with E-state index < -0.39 is 0 Å². The van der Waals surface area contributed by atoms with Crippen LogP contribution in [0, 0.1) is 12.7 Å². The van der Waals surface area contributed by atoms with Gasteiger partial charge in [0.1, 0.15) is 28.1 Å². The van der Waals surface area contributed by atoms with Gasteiger partial charge in [-0.3, -0.25) is 9.78 Å². The van der Waals surface area contributed by atoms with Crippen LogP contribution in [0.5, 0.6) is 5.75 Å². The number of carbonyl (C=O) groups is 1. The van der Waals surface area contributed by atoms with E-state index in [1.165, 1.54) is 23.5 Å². The Hall–Kier alpha value is -2.80. The number of thiazole rings is 1. The van der Waals surface area contributed by atoms with Gasteiger partial charge >= 0.3 is 0 Å². The van der Waals surface area contributed by atoms with E-state index in [2.05, 4.69) is 15.3 Å². The predicted molar refractivity (Wildman–Crippen MR) is 93.0 cm³/mol. The minimum absolute atomic E-state index is 0.186. The van der Waals surface area contributed by atoms with E-state index >= 15 is 0 Å². The Kier molecular flexibility index (Phi) is 5.35. The number of halogens is 1. The van der Waals surface area contributed by atoms with Crippen molar-refractivity contribution < 1.29 is 13.9 Å². The van der Waals surface area contributed by atoms with Crippen LogP contribution in [0.25, 0.3) is 0 Å². The lowest BCUT2D eigenvalue weighted by Crippen LogP contribution is -2.23. The number of hydrogen-bond acceptors (Lipinski definition) is 5. The molecule has 0 saturated heterocycles. The first-order chi connectivity index (χ1) is 12.1. The molecule has 1 N–H and O–H groups in total. The van der Waals surface area contributed by atoms with Crippen LogP contribution in [-0.2, 0) is 13.2 Å². The molecule has 0 aliphatic rings. The monoisotopic (exact) mass is 357 g/mol. The van der Waals surface area contributed by atoms with E-state index in [9.17, 15) is 9.18 Å². The van der Waals surface area contributed by atoms with Crippen LogP contribution in [0.4, 0.5) is 4.39 Å². The van der Waals surface area contributed by atoms with Crippen molar-refractivity contribution in [2.75, 3.05) is 0 Å². The molecule has 1 aromatic carbocycles. The molecule has 0 radical (unpaired) electrons. The number of nitrogens with zero attached hydrogens (tertiary/aromatic N) is 2. The molecule has 7 heteroatoms. The van der Waals surface area contributed by atoms with Crippen LogP contribution in [-0.4, -0.2) is 15.9 Å². The summed E-state index contributed by atoms with van der Waals surface area (Å²) in [5.41, 5.74) is 1.44. The fraction of sp³-hybridized carbons (Fsp3) is 0.167. The van der Waals surface area contributed by atoms with Gasteiger partial charge in [-0.15, -0.1) is 11.3 Å². The summed E-state index contributed by atoms with van der Waals surface area (Å²) in [4.78, 5) is 21.4. The Labute approximate surface area is 148 Å². The molecule has 0 spiro atoms. The van der Waals surface area contributed by atoms with Crippen LogP contribution in [0.3, 0.4) is 0 Å². The lowest BCUT2D eigenvalue weighted by atomic mass is 10.3. The highest BCUT2D eigenvalue weighted by Gasteiger charge is 2.15. The fourth-order valence-electron chi connectivity index (χ4n) is 2.15. The maximum atomic E-state index is 12.9. The van der Waals surface area contributed by atoms with Gasteiger partial charge < -0.3 is 10.1 Å². The second kappa shape index (κ2) is 7.85. The molecular formula is C18H16FN3O2S. The number of amides is 1. The Morgan fingerprint density at radius 3 is 2.76 bits per heavy atom. The summed E-state index contributed by atoms with van der Waals surface area (Å²) in [5.74, 6) is 0.0494. The Morgan fingerprint density at radius 1 is 1.24 bits per heavy atom. The molecule has 25 heavy (non-hydrogen) atoms. The number of hydrogen-bond donors (Lipinski definition) is 1. The molecule has 0 saturated carbocycles. The minimum atomic E-state index is -0.315. The van der Waals surface area contributed by atoms with Gasteiger partial charge in [-0.25, -0.2) is 9.37 Å². The molecule has 0 aliphatic carbocycles. The molecule has 0 fully saturated rings. The number of aryl methyl sites for hydroxylation is 1. The number of rotatable bonds is 6. The zero-order valence-electron chi connectivity index (χ0n) is 13.5. The van der Waals surface area contributed by atoms with Crippen molar-refractivity contribution >= 4 is 17.2 Å². The van der Waals surface area contributed by atoms with Crippen molar-refractivity contribution in [3.05, 3.63) is 75.8 Å². The lowest BCUT2D eigenvalue weighted by molar-refractivity contribution is 0.0953. The van der Waals surface area contributed by atoms with E-state index in [1.54, 1.807) is 25.3 Å². The van der Waals surface area contributed by atoms with Crippen LogP contribution >= 0.6 is 11.3 Å². The van der Waals surface area contributed by atoms with Crippen molar-refractivity contribution in [3.63, 3.8) is 0 Å². The Balaban J connectivity index is 1.59. The first kappa shape index (κ1) is 17.0. The molecule has 2 aromatic heterocycles. The average molecular weight is 357 g/mol. The summed E-state index contributed by atoms with van der Waals surface area (Å²) in [6.07, 6.45) is 1.68. The van der Waals surface area contributed by atoms with Crippen molar-refractivity contribution in [2.24, 2.45) is 0 Å². The van der Waals surface area contributed by atoms with Crippen molar-refractivity contribution in [3.8, 4) is 5.75 Å². The van der Waals surface area contributed by atoms with E-state index in [0.29, 0.717) is 27.9 Å². The summed E-state index contributed by atoms with van der Waals surface area (Å²) in [5, 5.41) is 3.52. The molecule has 5 nitrogen and oxygen atoms in total. The summed E-state index contributed by atoms with van der Waals surface area (Å²) >= 11 is 1.28. The van der Waals surface area contributed by atoms with E-state index in [-0.39, 0.29) is 18.3 Å². The smallest absolute Gasteiger partial charge is 0.263 e. The highest BCUT2D eigenvalue weighted by molar-refractivity contribution is 7.13. The molecule has 3 rings (SSSR count). The average Bonchev–Trinajstić information content (AvgIpc) is 3.01. The molecule has 2 heterocycles. The second-order valence-corrected chi connectivity index (χ2v) is 6.35. The molecule has 128 valence electrons. The Bertz CT molecular complexity index is 851. The first-order valence-corrected chi connectivity index (χ1v) is 8.46. The van der Waals surface area contributed by atoms with Gasteiger partial charge in [0.2, 0.25) is 0 Å². The number of pyridine rings is 1. The van der Waals surface area contributed by atoms with Gasteiger partial charge in [-0.1, -0.05) is 6.07 Å². The topological polar surface area (TPSA) is 64.1 Å². The number of aromatic nitrogens is 2. The van der Waals surface area contributed by atoms with Crippen LogP contribution < -0.4 is 10.1 Å². The zero-order valence-corrected chi connectivity index (χ0v) is 14.3. The number of ether oxygens (including phenoxy) is 1. The zero-order chi connectivity index (χ0) is 17.6. The second-order valence-electron chi connectivity index (χ2n) is 5.27. The molecule has 0 aliphatic heterocycles. The summed E-state index contributed by atoms with van der Waals surface area (Å²) in [6.45, 7) is 2.37. The summed E-state index contributed by atoms with van der Waals surface area (Å²) in [6, 6.07) is 11.3. The highest BCUT2D eigenvalue weighted by atomic mass is 32.1. The molecular weight excluding hydrogens is 341 g/mol. The third-order valence-corrected chi connectivity index (χ3v) is 4.51. The quantitative estimate of drug-likeness (QED) is 0.733. The SMILES string of the molecule is Cc1nc(COc2ccc(F)cc2)sc1C(=O)NCc1ccccn1. The van der Waals surface area contributed by atoms with Crippen LogP contribution in [0.1, 0.15) is 26.1 Å². The molecule has 0 bridgehead atoms. The maximum Gasteiger partial charge on any atom is 0.263 e. The third kappa shape index (κ3) is 4.60. The van der Waals surface area contributed by atoms with Gasteiger partial charge in [0, 0.05) is 6.20 Å². The van der Waals surface area contributed by atoms with Crippen molar-refractivity contribution in [1.29, 1.82) is 0 Å². The van der Waals surface area contributed by atoms with Crippen molar-refractivity contribution in [1.82, 2.24) is 15.3 Å². The summed E-state index contributed by atoms with van der Waals surface area (Å²) < 4.78 is 18.4. The van der Waals surface area contributed by atoms with Crippen LogP contribution in [0.2, 0.25) is 0 Å². The lowest BCUT2D eigenvalue weighted by Gasteiger charge is -2.03. The molecule has 0 unspecified atom stereocenters. The standard InChI is InChI=1S/C18H16FN3O2S/c1-12-17(18(23)21-10-14-4-2-3-9-20-14)25-16(22-12)11-24-15-7-5-13(19)6-8-15/h2-9H,10-11H2,1H3,(H,21,23). The fourth-order valence-corrected chi connectivity index (χ4v) is 3.05. The summed E-state index contributed by atoms with van der Waals surface area (Å²) in [7, 11) is 0. The molecule has 0 atom stereocenters. The van der Waals surface area contributed by atoms with Gasteiger partial charge in [0.15, 0.2) is 0 Å². The third-order valence-electron chi connectivity index (χ3n) is 3.38. The van der Waals surface area contributed by atoms with Crippen LogP contribution in [0.15, 0.2) is 48.7 Å². The predicted octanol–water partition coefficient (Wildman–Crippen LogP) is 3.49. The maximum absolute atomic E-state index is 12.9. The largest absolute Gasteiger partial charge is 0.486 e. The minimum Gasteiger partial charge on any atom is -0.486 e. The number of carbonyl (C=O) groups excluding carboxylic acids is 1. The van der Waals surface area contributed by atoms with E-state index in [0.717, 1.165) is 5.69 Å². The van der Waals surface area contributed by atoms with E-state index in [4.69, 9.17) is 4.74 Å². The molecule has 1 amide bonds. The first-order valence-electron chi connectivity index (χ1n) is 7.64. The highest BCUT2D eigenvalue weighted by Crippen LogP contribution is 2.20. The number of benzene rings is 1. The van der Waals surface area contributed by atoms with E-state index in [1.807, 2.05) is 18.2 Å².